The van der Waals surface area contributed by atoms with E-state index in [1.807, 2.05) is 12.1 Å². The summed E-state index contributed by atoms with van der Waals surface area (Å²) in [7, 11) is -1.38. The van der Waals surface area contributed by atoms with E-state index in [9.17, 15) is 35.8 Å². The molecule has 252 valence electrons. The molecule has 1 aromatic carbocycles. The Labute approximate surface area is 266 Å². The number of esters is 1. The third kappa shape index (κ3) is 8.44. The first kappa shape index (κ1) is 35.7. The van der Waals surface area contributed by atoms with E-state index < -0.39 is 35.7 Å². The molecule has 0 aliphatic heterocycles. The van der Waals surface area contributed by atoms with E-state index in [-0.39, 0.29) is 22.9 Å². The summed E-state index contributed by atoms with van der Waals surface area (Å²) in [5.74, 6) is -2.54. The SMILES string of the molecule is C=C1C(=O)CC2C3C(CC[C@]12C)c1ccc(OC(C)=O)cc1C[C@H]3CCCCCCCCCS(=O)CCCC(F)(F)C(F)(F)F. The van der Waals surface area contributed by atoms with Crippen molar-refractivity contribution in [2.45, 2.75) is 122 Å². The fourth-order valence-electron chi connectivity index (χ4n) is 8.25. The van der Waals surface area contributed by atoms with Gasteiger partial charge in [-0.2, -0.15) is 22.0 Å². The molecule has 0 bridgehead atoms. The van der Waals surface area contributed by atoms with Crippen LogP contribution in [0.2, 0.25) is 0 Å². The van der Waals surface area contributed by atoms with Crippen molar-refractivity contribution in [2.75, 3.05) is 11.5 Å². The second-order valence-electron chi connectivity index (χ2n) is 13.7. The van der Waals surface area contributed by atoms with Gasteiger partial charge in [-0.1, -0.05) is 58.1 Å². The first-order valence-corrected chi connectivity index (χ1v) is 18.0. The second-order valence-corrected chi connectivity index (χ2v) is 15.4. The van der Waals surface area contributed by atoms with Crippen molar-refractivity contribution in [3.8, 4) is 5.75 Å². The lowest BCUT2D eigenvalue weighted by Gasteiger charge is -2.52. The minimum atomic E-state index is -5.56. The summed E-state index contributed by atoms with van der Waals surface area (Å²) in [6.45, 7) is 7.86. The maximum atomic E-state index is 13.0. The Kier molecular flexibility index (Phi) is 11.7. The Morgan fingerprint density at radius 2 is 1.64 bits per heavy atom. The van der Waals surface area contributed by atoms with Crippen molar-refractivity contribution < 1.29 is 40.5 Å². The minimum Gasteiger partial charge on any atom is -0.427 e. The number of alkyl halides is 5. The Balaban J connectivity index is 1.22. The molecule has 4 nitrogen and oxygen atoms in total. The van der Waals surface area contributed by atoms with Gasteiger partial charge in [-0.15, -0.1) is 0 Å². The van der Waals surface area contributed by atoms with Crippen molar-refractivity contribution in [3.63, 3.8) is 0 Å². The summed E-state index contributed by atoms with van der Waals surface area (Å²) in [6.07, 6.45) is 4.01. The number of benzene rings is 1. The van der Waals surface area contributed by atoms with Crippen LogP contribution in [0.15, 0.2) is 30.4 Å². The highest BCUT2D eigenvalue weighted by Crippen LogP contribution is 2.63. The zero-order valence-corrected chi connectivity index (χ0v) is 27.3. The van der Waals surface area contributed by atoms with Crippen LogP contribution in [0.4, 0.5) is 22.0 Å². The average molecular weight is 659 g/mol. The molecule has 2 fully saturated rings. The van der Waals surface area contributed by atoms with E-state index in [4.69, 9.17) is 4.74 Å². The zero-order valence-electron chi connectivity index (χ0n) is 26.5. The third-order valence-electron chi connectivity index (χ3n) is 10.7. The van der Waals surface area contributed by atoms with E-state index in [1.54, 1.807) is 0 Å². The molecule has 0 N–H and O–H groups in total. The Bertz CT molecular complexity index is 1260. The zero-order chi connectivity index (χ0) is 33.0. The molecule has 45 heavy (non-hydrogen) atoms. The predicted molar refractivity (Wildman–Crippen MR) is 166 cm³/mol. The molecule has 0 spiro atoms. The molecule has 4 unspecified atom stereocenters. The van der Waals surface area contributed by atoms with Gasteiger partial charge >= 0.3 is 18.1 Å². The number of unbranched alkanes of at least 4 members (excludes halogenated alkanes) is 6. The van der Waals surface area contributed by atoms with Gasteiger partial charge in [-0.3, -0.25) is 13.8 Å². The summed E-state index contributed by atoms with van der Waals surface area (Å²) in [5, 5.41) is 0. The minimum absolute atomic E-state index is 0.132. The van der Waals surface area contributed by atoms with Crippen LogP contribution in [0.1, 0.15) is 114 Å². The van der Waals surface area contributed by atoms with Crippen LogP contribution in [0.25, 0.3) is 0 Å². The monoisotopic (exact) mass is 658 g/mol. The van der Waals surface area contributed by atoms with Gasteiger partial charge in [0.25, 0.3) is 0 Å². The first-order chi connectivity index (χ1) is 21.1. The van der Waals surface area contributed by atoms with E-state index in [0.717, 1.165) is 69.8 Å². The predicted octanol–water partition coefficient (Wildman–Crippen LogP) is 9.28. The highest BCUT2D eigenvalue weighted by molar-refractivity contribution is 7.84. The summed E-state index contributed by atoms with van der Waals surface area (Å²) in [6, 6.07) is 6.04. The largest absolute Gasteiger partial charge is 0.453 e. The van der Waals surface area contributed by atoms with Gasteiger partial charge in [-0.25, -0.2) is 0 Å². The summed E-state index contributed by atoms with van der Waals surface area (Å²) in [5.41, 5.74) is 3.24. The van der Waals surface area contributed by atoms with Gasteiger partial charge in [0.05, 0.1) is 0 Å². The number of hydrogen-bond donors (Lipinski definition) is 0. The summed E-state index contributed by atoms with van der Waals surface area (Å²) >= 11 is 0. The van der Waals surface area contributed by atoms with Crippen LogP contribution in [-0.2, 0) is 26.8 Å². The smallest absolute Gasteiger partial charge is 0.427 e. The van der Waals surface area contributed by atoms with E-state index in [0.29, 0.717) is 48.0 Å². The number of allylic oxidation sites excluding steroid dienone is 1. The molecule has 0 saturated heterocycles. The quantitative estimate of drug-likeness (QED) is 0.0620. The highest BCUT2D eigenvalue weighted by atomic mass is 32.2. The van der Waals surface area contributed by atoms with Crippen molar-refractivity contribution in [2.24, 2.45) is 23.2 Å². The van der Waals surface area contributed by atoms with Crippen molar-refractivity contribution in [1.29, 1.82) is 0 Å². The van der Waals surface area contributed by atoms with Crippen LogP contribution in [0.5, 0.6) is 5.75 Å². The van der Waals surface area contributed by atoms with E-state index in [1.165, 1.54) is 18.1 Å². The maximum Gasteiger partial charge on any atom is 0.453 e. The molecule has 1 aromatic rings. The molecule has 6 atom stereocenters. The van der Waals surface area contributed by atoms with Gasteiger partial charge in [0, 0.05) is 42.1 Å². The Morgan fingerprint density at radius 1 is 1.00 bits per heavy atom. The topological polar surface area (TPSA) is 60.4 Å². The number of fused-ring (bicyclic) bond motifs is 5. The molecule has 3 aliphatic carbocycles. The summed E-state index contributed by atoms with van der Waals surface area (Å²) in [4.78, 5) is 24.4. The molecule has 4 rings (SSSR count). The lowest BCUT2D eigenvalue weighted by molar-refractivity contribution is -0.284. The van der Waals surface area contributed by atoms with Gasteiger partial charge in [-0.05, 0) is 96.4 Å². The molecular weight excluding hydrogens is 611 g/mol. The lowest BCUT2D eigenvalue weighted by Crippen LogP contribution is -2.44. The van der Waals surface area contributed by atoms with Crippen LogP contribution in [0.3, 0.4) is 0 Å². The number of ketones is 1. The fraction of sp³-hybridized carbons (Fsp3) is 0.714. The molecule has 0 heterocycles. The number of Topliss-reactive ketones (excluding diaryl/α,β-unsaturated/α-hetero) is 1. The molecule has 0 amide bonds. The lowest BCUT2D eigenvalue weighted by atomic mass is 9.52. The standard InChI is InChI=1S/C35H47F5O4S/c1-23-31(42)22-30-32-25(20-26-21-27(44-24(2)41)13-14-28(26)29(32)15-17-33(23,30)3)12-9-7-5-4-6-8-10-18-45(43)19-11-16-34(36,37)35(38,39)40/h13-14,21,25,29-30,32H,1,4-12,15-20,22H2,2-3H3/t25-,29?,30?,32?,33-,45?/m1/s1. The maximum absolute atomic E-state index is 13.0. The molecule has 0 radical (unpaired) electrons. The first-order valence-electron chi connectivity index (χ1n) is 16.5. The van der Waals surface area contributed by atoms with E-state index >= 15 is 0 Å². The Hall–Kier alpha value is -2.10. The normalized spacial score (nSPS) is 27.1. The number of rotatable bonds is 15. The van der Waals surface area contributed by atoms with Gasteiger partial charge in [0.2, 0.25) is 0 Å². The third-order valence-corrected chi connectivity index (χ3v) is 12.2. The van der Waals surface area contributed by atoms with Crippen molar-refractivity contribution >= 4 is 22.6 Å². The van der Waals surface area contributed by atoms with Crippen LogP contribution >= 0.6 is 0 Å². The number of hydrogen-bond acceptors (Lipinski definition) is 4. The van der Waals surface area contributed by atoms with Crippen LogP contribution < -0.4 is 4.74 Å². The molecule has 2 saturated carbocycles. The van der Waals surface area contributed by atoms with Crippen molar-refractivity contribution in [1.82, 2.24) is 0 Å². The Morgan fingerprint density at radius 3 is 2.31 bits per heavy atom. The van der Waals surface area contributed by atoms with Crippen LogP contribution in [-0.4, -0.2) is 39.6 Å². The highest BCUT2D eigenvalue weighted by Gasteiger charge is 2.57. The number of ether oxygens (including phenoxy) is 1. The van der Waals surface area contributed by atoms with E-state index in [2.05, 4.69) is 19.6 Å². The number of carbonyl (C=O) groups is 2. The molecule has 0 aromatic heterocycles. The van der Waals surface area contributed by atoms with Crippen LogP contribution in [0, 0.1) is 23.2 Å². The van der Waals surface area contributed by atoms with Crippen molar-refractivity contribution in [3.05, 3.63) is 41.5 Å². The number of carbonyl (C=O) groups excluding carboxylic acids is 2. The summed E-state index contributed by atoms with van der Waals surface area (Å²) < 4.78 is 80.1. The number of halogens is 5. The molecule has 10 heteroatoms. The van der Waals surface area contributed by atoms with Gasteiger partial charge < -0.3 is 4.74 Å². The molecular formula is C35H47F5O4S. The average Bonchev–Trinajstić information content (AvgIpc) is 3.18. The molecule has 3 aliphatic rings. The van der Waals surface area contributed by atoms with Gasteiger partial charge in [0.1, 0.15) is 5.75 Å². The van der Waals surface area contributed by atoms with Gasteiger partial charge in [0.15, 0.2) is 5.78 Å². The fourth-order valence-corrected chi connectivity index (χ4v) is 9.45. The second kappa shape index (κ2) is 14.8.